The first kappa shape index (κ1) is 12.6. The van der Waals surface area contributed by atoms with Gasteiger partial charge in [0, 0.05) is 11.9 Å². The summed E-state index contributed by atoms with van der Waals surface area (Å²) in [6.07, 6.45) is 6.97. The van der Waals surface area contributed by atoms with Crippen LogP contribution >= 0.6 is 24.2 Å². The second-order valence-electron chi connectivity index (χ2n) is 3.89. The molecule has 2 heterocycles. The van der Waals surface area contributed by atoms with E-state index in [0.717, 1.165) is 18.4 Å². The van der Waals surface area contributed by atoms with Crippen molar-refractivity contribution >= 4 is 24.2 Å². The maximum absolute atomic E-state index is 5.66. The van der Waals surface area contributed by atoms with E-state index < -0.39 is 0 Å². The third-order valence-corrected chi connectivity index (χ3v) is 4.19. The van der Waals surface area contributed by atoms with Crippen LogP contribution in [0, 0.1) is 0 Å². The standard InChI is InChI=1S/C10H19NOS.ClH/c1-2-7-13-9(4-1)8-10-11-5-3-6-12-10;/h9-11H,1-8H2;1H. The van der Waals surface area contributed by atoms with Crippen molar-refractivity contribution in [2.24, 2.45) is 0 Å². The Labute approximate surface area is 97.0 Å². The molecule has 2 fully saturated rings. The third kappa shape index (κ3) is 3.97. The first-order valence-electron chi connectivity index (χ1n) is 5.42. The van der Waals surface area contributed by atoms with Gasteiger partial charge >= 0.3 is 0 Å². The summed E-state index contributed by atoms with van der Waals surface area (Å²) in [6.45, 7) is 2.09. The molecule has 0 bridgehead atoms. The molecular weight excluding hydrogens is 218 g/mol. The highest BCUT2D eigenvalue weighted by molar-refractivity contribution is 7.99. The van der Waals surface area contributed by atoms with Gasteiger partial charge in [0.1, 0.15) is 6.23 Å². The molecule has 2 saturated heterocycles. The zero-order valence-corrected chi connectivity index (χ0v) is 10.2. The number of halogens is 1. The molecule has 0 aromatic heterocycles. The van der Waals surface area contributed by atoms with Crippen molar-refractivity contribution in [3.8, 4) is 0 Å². The minimum Gasteiger partial charge on any atom is -0.363 e. The molecule has 84 valence electrons. The second kappa shape index (κ2) is 6.94. The van der Waals surface area contributed by atoms with Crippen LogP contribution in [0.1, 0.15) is 32.1 Å². The van der Waals surface area contributed by atoms with Crippen LogP contribution in [0.25, 0.3) is 0 Å². The molecule has 2 aliphatic rings. The van der Waals surface area contributed by atoms with Crippen molar-refractivity contribution in [3.63, 3.8) is 0 Å². The first-order chi connectivity index (χ1) is 6.45. The van der Waals surface area contributed by atoms with Gasteiger partial charge in [-0.05, 0) is 38.0 Å². The monoisotopic (exact) mass is 237 g/mol. The van der Waals surface area contributed by atoms with Crippen molar-refractivity contribution in [2.45, 2.75) is 43.6 Å². The summed E-state index contributed by atoms with van der Waals surface area (Å²) >= 11 is 2.14. The van der Waals surface area contributed by atoms with Gasteiger partial charge in [-0.15, -0.1) is 12.4 Å². The SMILES string of the molecule is C1CNC(CC2CCCCS2)OC1.Cl. The van der Waals surface area contributed by atoms with Crippen LogP contribution < -0.4 is 5.32 Å². The highest BCUT2D eigenvalue weighted by atomic mass is 35.5. The molecule has 4 heteroatoms. The lowest BCUT2D eigenvalue weighted by atomic mass is 10.1. The number of thioether (sulfide) groups is 1. The van der Waals surface area contributed by atoms with Gasteiger partial charge < -0.3 is 4.74 Å². The fourth-order valence-corrected chi connectivity index (χ4v) is 3.35. The van der Waals surface area contributed by atoms with E-state index in [-0.39, 0.29) is 12.4 Å². The summed E-state index contributed by atoms with van der Waals surface area (Å²) in [5.74, 6) is 1.36. The number of hydrogen-bond acceptors (Lipinski definition) is 3. The molecule has 0 spiro atoms. The highest BCUT2D eigenvalue weighted by Crippen LogP contribution is 2.28. The van der Waals surface area contributed by atoms with E-state index in [0.29, 0.717) is 6.23 Å². The fraction of sp³-hybridized carbons (Fsp3) is 1.00. The van der Waals surface area contributed by atoms with Gasteiger partial charge in [0.25, 0.3) is 0 Å². The number of hydrogen-bond donors (Lipinski definition) is 1. The summed E-state index contributed by atoms with van der Waals surface area (Å²) in [6, 6.07) is 0. The fourth-order valence-electron chi connectivity index (χ4n) is 2.00. The normalized spacial score (nSPS) is 33.4. The summed E-state index contributed by atoms with van der Waals surface area (Å²) < 4.78 is 5.66. The molecule has 0 amide bonds. The van der Waals surface area contributed by atoms with Crippen molar-refractivity contribution in [1.29, 1.82) is 0 Å². The Balaban J connectivity index is 0.000000980. The zero-order chi connectivity index (χ0) is 8.93. The van der Waals surface area contributed by atoms with Crippen molar-refractivity contribution in [3.05, 3.63) is 0 Å². The van der Waals surface area contributed by atoms with E-state index in [1.807, 2.05) is 0 Å². The molecule has 14 heavy (non-hydrogen) atoms. The van der Waals surface area contributed by atoms with E-state index in [9.17, 15) is 0 Å². The molecule has 0 radical (unpaired) electrons. The summed E-state index contributed by atoms with van der Waals surface area (Å²) in [5.41, 5.74) is 0. The summed E-state index contributed by atoms with van der Waals surface area (Å²) in [4.78, 5) is 0. The molecule has 2 nitrogen and oxygen atoms in total. The maximum atomic E-state index is 5.66. The van der Waals surface area contributed by atoms with Crippen LogP contribution in [0.5, 0.6) is 0 Å². The Kier molecular flexibility index (Phi) is 6.26. The Hall–Kier alpha value is 0.560. The third-order valence-electron chi connectivity index (χ3n) is 2.76. The predicted molar refractivity (Wildman–Crippen MR) is 64.3 cm³/mol. The minimum absolute atomic E-state index is 0. The average molecular weight is 238 g/mol. The van der Waals surface area contributed by atoms with Gasteiger partial charge in [-0.1, -0.05) is 6.42 Å². The van der Waals surface area contributed by atoms with E-state index in [2.05, 4.69) is 17.1 Å². The van der Waals surface area contributed by atoms with Crippen LogP contribution in [0.2, 0.25) is 0 Å². The molecule has 1 N–H and O–H groups in total. The quantitative estimate of drug-likeness (QED) is 0.797. The molecule has 2 rings (SSSR count). The molecule has 0 aromatic rings. The Morgan fingerprint density at radius 3 is 2.86 bits per heavy atom. The molecule has 0 aromatic carbocycles. The smallest absolute Gasteiger partial charge is 0.109 e. The second-order valence-corrected chi connectivity index (χ2v) is 5.30. The number of rotatable bonds is 2. The van der Waals surface area contributed by atoms with E-state index in [1.165, 1.54) is 37.9 Å². The van der Waals surface area contributed by atoms with Crippen LogP contribution in [-0.2, 0) is 4.74 Å². The van der Waals surface area contributed by atoms with Crippen LogP contribution in [0.15, 0.2) is 0 Å². The topological polar surface area (TPSA) is 21.3 Å². The van der Waals surface area contributed by atoms with Gasteiger partial charge in [0.15, 0.2) is 0 Å². The van der Waals surface area contributed by atoms with Crippen molar-refractivity contribution < 1.29 is 4.74 Å². The number of ether oxygens (including phenoxy) is 1. The lowest BCUT2D eigenvalue weighted by Gasteiger charge is -2.29. The highest BCUT2D eigenvalue weighted by Gasteiger charge is 2.20. The van der Waals surface area contributed by atoms with Crippen LogP contribution in [0.3, 0.4) is 0 Å². The summed E-state index contributed by atoms with van der Waals surface area (Å²) in [7, 11) is 0. The zero-order valence-electron chi connectivity index (χ0n) is 8.54. The lowest BCUT2D eigenvalue weighted by molar-refractivity contribution is -0.00416. The van der Waals surface area contributed by atoms with E-state index in [4.69, 9.17) is 4.74 Å². The van der Waals surface area contributed by atoms with E-state index in [1.54, 1.807) is 0 Å². The van der Waals surface area contributed by atoms with Gasteiger partial charge in [-0.3, -0.25) is 5.32 Å². The Morgan fingerprint density at radius 2 is 2.21 bits per heavy atom. The predicted octanol–water partition coefficient (Wildman–Crippen LogP) is 2.42. The van der Waals surface area contributed by atoms with Crippen LogP contribution in [-0.4, -0.2) is 30.4 Å². The Morgan fingerprint density at radius 1 is 1.29 bits per heavy atom. The first-order valence-corrected chi connectivity index (χ1v) is 6.46. The Bertz CT molecular complexity index is 131. The van der Waals surface area contributed by atoms with Crippen molar-refractivity contribution in [1.82, 2.24) is 5.32 Å². The molecule has 2 atom stereocenters. The van der Waals surface area contributed by atoms with Gasteiger partial charge in [-0.25, -0.2) is 0 Å². The summed E-state index contributed by atoms with van der Waals surface area (Å²) in [5, 5.41) is 4.28. The molecule has 2 aliphatic heterocycles. The van der Waals surface area contributed by atoms with Crippen LogP contribution in [0.4, 0.5) is 0 Å². The number of nitrogens with one attached hydrogen (secondary N) is 1. The average Bonchev–Trinajstić information content (AvgIpc) is 2.21. The van der Waals surface area contributed by atoms with Gasteiger partial charge in [-0.2, -0.15) is 11.8 Å². The van der Waals surface area contributed by atoms with E-state index >= 15 is 0 Å². The molecule has 0 saturated carbocycles. The largest absolute Gasteiger partial charge is 0.363 e. The molecule has 0 aliphatic carbocycles. The van der Waals surface area contributed by atoms with Gasteiger partial charge in [0.05, 0.1) is 0 Å². The molecule has 2 unspecified atom stereocenters. The molecular formula is C10H20ClNOS. The maximum Gasteiger partial charge on any atom is 0.109 e. The van der Waals surface area contributed by atoms with Crippen molar-refractivity contribution in [2.75, 3.05) is 18.9 Å². The van der Waals surface area contributed by atoms with Gasteiger partial charge in [0.2, 0.25) is 0 Å². The lowest BCUT2D eigenvalue weighted by Crippen LogP contribution is -2.40. The minimum atomic E-state index is 0.